The highest BCUT2D eigenvalue weighted by Crippen LogP contribution is 2.31. The van der Waals surface area contributed by atoms with Gasteiger partial charge in [0.1, 0.15) is 11.9 Å². The number of anilines is 1. The van der Waals surface area contributed by atoms with E-state index < -0.39 is 0 Å². The number of nitrogen functional groups attached to an aromatic ring is 1. The lowest BCUT2D eigenvalue weighted by atomic mass is 9.88. The third-order valence-electron chi connectivity index (χ3n) is 3.98. The van der Waals surface area contributed by atoms with E-state index in [1.54, 1.807) is 37.2 Å². The Labute approximate surface area is 120 Å². The molecule has 0 radical (unpaired) electrons. The number of carbonyl (C=O) groups is 1. The Kier molecular flexibility index (Phi) is 4.53. The number of hydrogen-bond donors (Lipinski definition) is 1. The Hall–Kier alpha value is -1.71. The molecule has 110 valence electrons. The van der Waals surface area contributed by atoms with E-state index in [1.807, 2.05) is 0 Å². The van der Waals surface area contributed by atoms with Crippen molar-refractivity contribution in [3.8, 4) is 5.75 Å². The Morgan fingerprint density at radius 3 is 2.65 bits per heavy atom. The Morgan fingerprint density at radius 1 is 1.30 bits per heavy atom. The van der Waals surface area contributed by atoms with E-state index in [9.17, 15) is 4.79 Å². The van der Waals surface area contributed by atoms with Crippen LogP contribution >= 0.6 is 0 Å². The molecule has 1 aromatic carbocycles. The van der Waals surface area contributed by atoms with Gasteiger partial charge in [0.2, 0.25) is 0 Å². The molecular formula is C16H24N2O2. The van der Waals surface area contributed by atoms with Crippen LogP contribution in [0.3, 0.4) is 0 Å². The summed E-state index contributed by atoms with van der Waals surface area (Å²) in [5.74, 6) is 1.14. The van der Waals surface area contributed by atoms with Gasteiger partial charge in [-0.25, -0.2) is 0 Å². The van der Waals surface area contributed by atoms with Crippen molar-refractivity contribution in [2.45, 2.75) is 38.7 Å². The average molecular weight is 276 g/mol. The van der Waals surface area contributed by atoms with E-state index in [1.165, 1.54) is 19.3 Å². The number of nitrogens with zero attached hydrogens (tertiary/aromatic N) is 1. The summed E-state index contributed by atoms with van der Waals surface area (Å²) in [6.07, 6.45) is 4.93. The maximum atomic E-state index is 12.0. The van der Waals surface area contributed by atoms with Gasteiger partial charge in [-0.3, -0.25) is 4.79 Å². The molecule has 0 heterocycles. The fourth-order valence-electron chi connectivity index (χ4n) is 2.65. The van der Waals surface area contributed by atoms with Gasteiger partial charge >= 0.3 is 0 Å². The topological polar surface area (TPSA) is 55.6 Å². The van der Waals surface area contributed by atoms with Gasteiger partial charge in [0.25, 0.3) is 5.91 Å². The van der Waals surface area contributed by atoms with E-state index in [0.717, 1.165) is 6.42 Å². The van der Waals surface area contributed by atoms with E-state index >= 15 is 0 Å². The molecule has 1 aliphatic rings. The third kappa shape index (κ3) is 3.24. The summed E-state index contributed by atoms with van der Waals surface area (Å²) in [6, 6.07) is 5.26. The van der Waals surface area contributed by atoms with Crippen LogP contribution in [0.15, 0.2) is 18.2 Å². The first-order valence-corrected chi connectivity index (χ1v) is 7.27. The molecule has 2 N–H and O–H groups in total. The lowest BCUT2D eigenvalue weighted by Gasteiger charge is -2.29. The van der Waals surface area contributed by atoms with Crippen LogP contribution < -0.4 is 10.5 Å². The van der Waals surface area contributed by atoms with Gasteiger partial charge in [-0.05, 0) is 43.4 Å². The smallest absolute Gasteiger partial charge is 0.253 e. The first-order chi connectivity index (χ1) is 9.49. The molecule has 1 fully saturated rings. The predicted octanol–water partition coefficient (Wildman–Crippen LogP) is 2.93. The first kappa shape index (κ1) is 14.7. The molecule has 2 atom stereocenters. The minimum absolute atomic E-state index is 0.0356. The molecule has 1 aromatic rings. The van der Waals surface area contributed by atoms with E-state index in [2.05, 4.69) is 6.92 Å². The minimum atomic E-state index is -0.0356. The van der Waals surface area contributed by atoms with Crippen molar-refractivity contribution < 1.29 is 9.53 Å². The van der Waals surface area contributed by atoms with Crippen molar-refractivity contribution in [2.24, 2.45) is 5.92 Å². The van der Waals surface area contributed by atoms with Gasteiger partial charge < -0.3 is 15.4 Å². The van der Waals surface area contributed by atoms with Crippen LogP contribution in [0.1, 0.15) is 43.0 Å². The van der Waals surface area contributed by atoms with Crippen LogP contribution in [-0.2, 0) is 0 Å². The fraction of sp³-hybridized carbons (Fsp3) is 0.562. The zero-order chi connectivity index (χ0) is 14.7. The predicted molar refractivity (Wildman–Crippen MR) is 80.9 cm³/mol. The van der Waals surface area contributed by atoms with Gasteiger partial charge in [-0.2, -0.15) is 0 Å². The van der Waals surface area contributed by atoms with Crippen LogP contribution in [0.25, 0.3) is 0 Å². The molecule has 1 aliphatic carbocycles. The van der Waals surface area contributed by atoms with Gasteiger partial charge in [-0.15, -0.1) is 0 Å². The SMILES string of the molecule is CC1CCCCC1Oc1cc(C(=O)N(C)C)ccc1N. The summed E-state index contributed by atoms with van der Waals surface area (Å²) in [5.41, 5.74) is 7.19. The zero-order valence-corrected chi connectivity index (χ0v) is 12.6. The highest BCUT2D eigenvalue weighted by molar-refractivity contribution is 5.94. The van der Waals surface area contributed by atoms with Gasteiger partial charge in [0, 0.05) is 19.7 Å². The Bertz CT molecular complexity index is 485. The highest BCUT2D eigenvalue weighted by Gasteiger charge is 2.24. The van der Waals surface area contributed by atoms with E-state index in [4.69, 9.17) is 10.5 Å². The standard InChI is InChI=1S/C16H24N2O2/c1-11-6-4-5-7-14(11)20-15-10-12(8-9-13(15)17)16(19)18(2)3/h8-11,14H,4-7,17H2,1-3H3. The number of nitrogens with two attached hydrogens (primary N) is 1. The summed E-state index contributed by atoms with van der Waals surface area (Å²) < 4.78 is 6.07. The van der Waals surface area contributed by atoms with Crippen molar-refractivity contribution in [1.29, 1.82) is 0 Å². The zero-order valence-electron chi connectivity index (χ0n) is 12.6. The van der Waals surface area contributed by atoms with Crippen LogP contribution in [-0.4, -0.2) is 31.0 Å². The molecule has 0 aliphatic heterocycles. The molecule has 0 spiro atoms. The largest absolute Gasteiger partial charge is 0.488 e. The second-order valence-corrected chi connectivity index (χ2v) is 5.87. The van der Waals surface area contributed by atoms with Crippen LogP contribution in [0.4, 0.5) is 5.69 Å². The van der Waals surface area contributed by atoms with Crippen molar-refractivity contribution in [3.63, 3.8) is 0 Å². The second-order valence-electron chi connectivity index (χ2n) is 5.87. The summed E-state index contributed by atoms with van der Waals surface area (Å²) in [4.78, 5) is 13.5. The van der Waals surface area contributed by atoms with Crippen molar-refractivity contribution in [3.05, 3.63) is 23.8 Å². The van der Waals surface area contributed by atoms with E-state index in [0.29, 0.717) is 22.9 Å². The van der Waals surface area contributed by atoms with Crippen LogP contribution in [0, 0.1) is 5.92 Å². The minimum Gasteiger partial charge on any atom is -0.488 e. The molecule has 4 heteroatoms. The van der Waals surface area contributed by atoms with Crippen molar-refractivity contribution in [1.82, 2.24) is 4.90 Å². The van der Waals surface area contributed by atoms with Crippen LogP contribution in [0.2, 0.25) is 0 Å². The maximum Gasteiger partial charge on any atom is 0.253 e. The molecule has 0 aromatic heterocycles. The second kappa shape index (κ2) is 6.16. The molecule has 0 bridgehead atoms. The van der Waals surface area contributed by atoms with Crippen molar-refractivity contribution in [2.75, 3.05) is 19.8 Å². The monoisotopic (exact) mass is 276 g/mol. The summed E-state index contributed by atoms with van der Waals surface area (Å²) in [5, 5.41) is 0. The molecule has 2 unspecified atom stereocenters. The molecule has 4 nitrogen and oxygen atoms in total. The van der Waals surface area contributed by atoms with Gasteiger partial charge in [0.05, 0.1) is 5.69 Å². The molecule has 1 saturated carbocycles. The summed E-state index contributed by atoms with van der Waals surface area (Å²) in [6.45, 7) is 2.22. The number of ether oxygens (including phenoxy) is 1. The Balaban J connectivity index is 2.18. The normalized spacial score (nSPS) is 22.4. The molecule has 20 heavy (non-hydrogen) atoms. The highest BCUT2D eigenvalue weighted by atomic mass is 16.5. The quantitative estimate of drug-likeness (QED) is 0.864. The number of carbonyl (C=O) groups excluding carboxylic acids is 1. The number of rotatable bonds is 3. The lowest BCUT2D eigenvalue weighted by molar-refractivity contribution is 0.0824. The van der Waals surface area contributed by atoms with E-state index in [-0.39, 0.29) is 12.0 Å². The van der Waals surface area contributed by atoms with Gasteiger partial charge in [0.15, 0.2) is 0 Å². The summed E-state index contributed by atoms with van der Waals surface area (Å²) >= 11 is 0. The number of benzene rings is 1. The first-order valence-electron chi connectivity index (χ1n) is 7.27. The van der Waals surface area contributed by atoms with Crippen molar-refractivity contribution >= 4 is 11.6 Å². The lowest BCUT2D eigenvalue weighted by Crippen LogP contribution is -2.28. The maximum absolute atomic E-state index is 12.0. The molecule has 1 amide bonds. The Morgan fingerprint density at radius 2 is 2.00 bits per heavy atom. The molecule has 2 rings (SSSR count). The van der Waals surface area contributed by atoms with Crippen LogP contribution in [0.5, 0.6) is 5.75 Å². The number of amides is 1. The average Bonchev–Trinajstić information content (AvgIpc) is 2.42. The fourth-order valence-corrected chi connectivity index (χ4v) is 2.65. The third-order valence-corrected chi connectivity index (χ3v) is 3.98. The number of hydrogen-bond acceptors (Lipinski definition) is 3. The molecule has 0 saturated heterocycles. The molecular weight excluding hydrogens is 252 g/mol. The summed E-state index contributed by atoms with van der Waals surface area (Å²) in [7, 11) is 3.48. The van der Waals surface area contributed by atoms with Gasteiger partial charge in [-0.1, -0.05) is 13.3 Å².